The van der Waals surface area contributed by atoms with Crippen molar-refractivity contribution in [2.24, 2.45) is 11.8 Å². The topological polar surface area (TPSA) is 12.0 Å². The maximum atomic E-state index is 3.83. The number of hydrogen-bond donors (Lipinski definition) is 1. The molecular weight excluding hydrogens is 242 g/mol. The number of fused-ring (bicyclic) bond motifs is 2. The number of nitrogens with one attached hydrogen (secondary N) is 1. The summed E-state index contributed by atoms with van der Waals surface area (Å²) in [6.07, 6.45) is 2.47. The summed E-state index contributed by atoms with van der Waals surface area (Å²) < 4.78 is 0. The van der Waals surface area contributed by atoms with Gasteiger partial charge in [-0.3, -0.25) is 0 Å². The van der Waals surface area contributed by atoms with Gasteiger partial charge in [0.05, 0.1) is 6.04 Å². The molecule has 2 aromatic rings. The molecule has 0 bridgehead atoms. The summed E-state index contributed by atoms with van der Waals surface area (Å²) in [5.41, 5.74) is 5.90. The minimum atomic E-state index is 0.379. The maximum absolute atomic E-state index is 3.83. The van der Waals surface area contributed by atoms with Crippen molar-refractivity contribution in [3.8, 4) is 0 Å². The highest BCUT2D eigenvalue weighted by atomic mass is 14.9. The van der Waals surface area contributed by atoms with Crippen LogP contribution in [0.4, 0.5) is 0 Å². The first-order chi connectivity index (χ1) is 9.83. The van der Waals surface area contributed by atoms with Crippen LogP contribution in [-0.2, 0) is 6.42 Å². The average molecular weight is 263 g/mol. The zero-order valence-electron chi connectivity index (χ0n) is 12.0. The van der Waals surface area contributed by atoms with E-state index in [-0.39, 0.29) is 0 Å². The molecule has 1 saturated carbocycles. The van der Waals surface area contributed by atoms with Crippen LogP contribution in [0.1, 0.15) is 41.6 Å². The molecule has 20 heavy (non-hydrogen) atoms. The predicted octanol–water partition coefficient (Wildman–Crippen LogP) is 3.93. The molecular formula is C19H21N. The van der Waals surface area contributed by atoms with Gasteiger partial charge in [-0.1, -0.05) is 55.5 Å². The molecule has 1 N–H and O–H groups in total. The Morgan fingerprint density at radius 3 is 2.05 bits per heavy atom. The van der Waals surface area contributed by atoms with Gasteiger partial charge < -0.3 is 5.32 Å². The molecule has 2 atom stereocenters. The normalized spacial score (nSPS) is 24.1. The van der Waals surface area contributed by atoms with Gasteiger partial charge in [-0.15, -0.1) is 0 Å². The highest BCUT2D eigenvalue weighted by Crippen LogP contribution is 2.39. The molecule has 4 rings (SSSR count). The summed E-state index contributed by atoms with van der Waals surface area (Å²) >= 11 is 0. The summed E-state index contributed by atoms with van der Waals surface area (Å²) in [7, 11) is 0. The Morgan fingerprint density at radius 1 is 0.950 bits per heavy atom. The summed E-state index contributed by atoms with van der Waals surface area (Å²) in [4.78, 5) is 0. The van der Waals surface area contributed by atoms with Crippen LogP contribution >= 0.6 is 0 Å². The second-order valence-electron chi connectivity index (χ2n) is 6.39. The Bertz CT molecular complexity index is 586. The fraction of sp³-hybridized carbons (Fsp3) is 0.368. The number of hydrogen-bond acceptors (Lipinski definition) is 1. The average Bonchev–Trinajstić information content (AvgIpc) is 3.19. The Morgan fingerprint density at radius 2 is 1.50 bits per heavy atom. The van der Waals surface area contributed by atoms with Gasteiger partial charge in [-0.2, -0.15) is 0 Å². The van der Waals surface area contributed by atoms with E-state index in [9.17, 15) is 0 Å². The molecule has 2 aromatic carbocycles. The van der Waals surface area contributed by atoms with Gasteiger partial charge in [-0.25, -0.2) is 0 Å². The van der Waals surface area contributed by atoms with Gasteiger partial charge in [0, 0.05) is 0 Å². The minimum absolute atomic E-state index is 0.379. The van der Waals surface area contributed by atoms with E-state index in [4.69, 9.17) is 0 Å². The van der Waals surface area contributed by atoms with Crippen molar-refractivity contribution in [2.45, 2.75) is 25.8 Å². The van der Waals surface area contributed by atoms with Crippen LogP contribution in [0.2, 0.25) is 0 Å². The molecule has 0 saturated heterocycles. The third-order valence-corrected chi connectivity index (χ3v) is 4.97. The van der Waals surface area contributed by atoms with Crippen LogP contribution in [0.25, 0.3) is 0 Å². The van der Waals surface area contributed by atoms with Crippen molar-refractivity contribution >= 4 is 0 Å². The van der Waals surface area contributed by atoms with Crippen molar-refractivity contribution < 1.29 is 0 Å². The van der Waals surface area contributed by atoms with E-state index in [1.807, 2.05) is 0 Å². The van der Waals surface area contributed by atoms with Crippen molar-refractivity contribution in [3.05, 3.63) is 70.8 Å². The highest BCUT2D eigenvalue weighted by Gasteiger charge is 2.33. The van der Waals surface area contributed by atoms with Gasteiger partial charge in [0.25, 0.3) is 0 Å². The lowest BCUT2D eigenvalue weighted by atomic mass is 9.82. The zero-order chi connectivity index (χ0) is 13.5. The monoisotopic (exact) mass is 263 g/mol. The molecule has 0 aliphatic heterocycles. The van der Waals surface area contributed by atoms with Crippen molar-refractivity contribution in [1.82, 2.24) is 5.32 Å². The molecule has 2 aliphatic carbocycles. The van der Waals surface area contributed by atoms with Gasteiger partial charge in [-0.05, 0) is 53.5 Å². The van der Waals surface area contributed by atoms with E-state index in [1.54, 1.807) is 0 Å². The van der Waals surface area contributed by atoms with Crippen LogP contribution in [0, 0.1) is 11.8 Å². The highest BCUT2D eigenvalue weighted by molar-refractivity contribution is 5.48. The SMILES string of the molecule is CC1CC1CNC1c2ccccc2Cc2ccccc21. The first-order valence-electron chi connectivity index (χ1n) is 7.72. The van der Waals surface area contributed by atoms with Crippen molar-refractivity contribution in [3.63, 3.8) is 0 Å². The molecule has 0 aromatic heterocycles. The number of benzene rings is 2. The standard InChI is InChI=1S/C19H21N/c1-13-10-16(13)12-20-19-17-8-4-2-6-14(17)11-15-7-3-5-9-18(15)19/h2-9,13,16,19-20H,10-12H2,1H3. The Balaban J connectivity index is 1.68. The molecule has 0 amide bonds. The summed E-state index contributed by atoms with van der Waals surface area (Å²) in [6.45, 7) is 3.50. The van der Waals surface area contributed by atoms with E-state index in [0.717, 1.165) is 24.8 Å². The first-order valence-corrected chi connectivity index (χ1v) is 7.72. The molecule has 0 radical (unpaired) electrons. The van der Waals surface area contributed by atoms with Crippen LogP contribution in [0.5, 0.6) is 0 Å². The lowest BCUT2D eigenvalue weighted by molar-refractivity contribution is 0.546. The Kier molecular flexibility index (Phi) is 2.89. The van der Waals surface area contributed by atoms with Crippen LogP contribution in [0.3, 0.4) is 0 Å². The van der Waals surface area contributed by atoms with Crippen LogP contribution < -0.4 is 5.32 Å². The molecule has 1 nitrogen and oxygen atoms in total. The second kappa shape index (κ2) is 4.75. The smallest absolute Gasteiger partial charge is 0.0582 e. The largest absolute Gasteiger partial charge is 0.306 e. The van der Waals surface area contributed by atoms with E-state index in [0.29, 0.717) is 6.04 Å². The zero-order valence-corrected chi connectivity index (χ0v) is 12.0. The third kappa shape index (κ3) is 2.06. The van der Waals surface area contributed by atoms with Crippen LogP contribution in [-0.4, -0.2) is 6.54 Å². The molecule has 2 unspecified atom stereocenters. The fourth-order valence-electron chi connectivity index (χ4n) is 3.50. The van der Waals surface area contributed by atoms with E-state index in [1.165, 1.54) is 28.7 Å². The third-order valence-electron chi connectivity index (χ3n) is 4.97. The first kappa shape index (κ1) is 12.2. The van der Waals surface area contributed by atoms with E-state index in [2.05, 4.69) is 60.8 Å². The lowest BCUT2D eigenvalue weighted by Gasteiger charge is -2.29. The molecule has 102 valence electrons. The Hall–Kier alpha value is -1.60. The fourth-order valence-corrected chi connectivity index (χ4v) is 3.50. The van der Waals surface area contributed by atoms with Gasteiger partial charge >= 0.3 is 0 Å². The maximum Gasteiger partial charge on any atom is 0.0582 e. The van der Waals surface area contributed by atoms with E-state index >= 15 is 0 Å². The van der Waals surface area contributed by atoms with E-state index < -0.39 is 0 Å². The number of rotatable bonds is 3. The predicted molar refractivity (Wildman–Crippen MR) is 82.8 cm³/mol. The lowest BCUT2D eigenvalue weighted by Crippen LogP contribution is -2.29. The summed E-state index contributed by atoms with van der Waals surface area (Å²) in [5.74, 6) is 1.80. The minimum Gasteiger partial charge on any atom is -0.306 e. The van der Waals surface area contributed by atoms with Crippen molar-refractivity contribution in [1.29, 1.82) is 0 Å². The quantitative estimate of drug-likeness (QED) is 0.885. The van der Waals surface area contributed by atoms with Crippen molar-refractivity contribution in [2.75, 3.05) is 6.54 Å². The van der Waals surface area contributed by atoms with Crippen LogP contribution in [0.15, 0.2) is 48.5 Å². The molecule has 1 heteroatoms. The van der Waals surface area contributed by atoms with Gasteiger partial charge in [0.1, 0.15) is 0 Å². The molecule has 0 spiro atoms. The summed E-state index contributed by atoms with van der Waals surface area (Å²) in [6, 6.07) is 18.2. The molecule has 0 heterocycles. The Labute approximate surface area is 121 Å². The molecule has 2 aliphatic rings. The summed E-state index contributed by atoms with van der Waals surface area (Å²) in [5, 5.41) is 3.83. The second-order valence-corrected chi connectivity index (χ2v) is 6.39. The van der Waals surface area contributed by atoms with Gasteiger partial charge in [0.2, 0.25) is 0 Å². The van der Waals surface area contributed by atoms with Gasteiger partial charge in [0.15, 0.2) is 0 Å². The molecule has 1 fully saturated rings.